The van der Waals surface area contributed by atoms with E-state index in [2.05, 4.69) is 9.97 Å². The van der Waals surface area contributed by atoms with Gasteiger partial charge >= 0.3 is 0 Å². The van der Waals surface area contributed by atoms with E-state index in [-0.39, 0.29) is 5.56 Å². The molecule has 0 radical (unpaired) electrons. The minimum atomic E-state index is -0.0707. The first-order chi connectivity index (χ1) is 11.7. The van der Waals surface area contributed by atoms with E-state index >= 15 is 0 Å². The van der Waals surface area contributed by atoms with Crippen molar-refractivity contribution < 1.29 is 4.74 Å². The molecule has 0 N–H and O–H groups in total. The Morgan fingerprint density at radius 2 is 2.04 bits per heavy atom. The number of fused-ring (bicyclic) bond motifs is 5. The molecule has 5 rings (SSSR count). The Morgan fingerprint density at radius 1 is 1.21 bits per heavy atom. The molecule has 6 heteroatoms. The van der Waals surface area contributed by atoms with Crippen molar-refractivity contribution in [2.24, 2.45) is 0 Å². The fourth-order valence-corrected chi connectivity index (χ4v) is 4.13. The Bertz CT molecular complexity index is 1160. The molecule has 1 aromatic carbocycles. The molecule has 3 aromatic heterocycles. The van der Waals surface area contributed by atoms with Gasteiger partial charge in [-0.25, -0.2) is 9.97 Å². The van der Waals surface area contributed by atoms with Crippen molar-refractivity contribution in [2.75, 3.05) is 6.61 Å². The topological polar surface area (TPSA) is 57.0 Å². The van der Waals surface area contributed by atoms with Gasteiger partial charge in [0.05, 0.1) is 17.7 Å². The molecule has 0 aliphatic carbocycles. The van der Waals surface area contributed by atoms with Crippen LogP contribution >= 0.6 is 11.3 Å². The van der Waals surface area contributed by atoms with Gasteiger partial charge in [-0.1, -0.05) is 17.7 Å². The largest absolute Gasteiger partial charge is 0.492 e. The van der Waals surface area contributed by atoms with Gasteiger partial charge in [0.25, 0.3) is 5.56 Å². The lowest BCUT2D eigenvalue weighted by Crippen LogP contribution is -2.17. The van der Waals surface area contributed by atoms with Crippen molar-refractivity contribution in [3.8, 4) is 11.4 Å². The third-order valence-electron chi connectivity index (χ3n) is 4.37. The first-order valence-electron chi connectivity index (χ1n) is 7.74. The normalized spacial score (nSPS) is 13.4. The second-order valence-electron chi connectivity index (χ2n) is 5.93. The molecule has 118 valence electrons. The maximum absolute atomic E-state index is 12.9. The van der Waals surface area contributed by atoms with Crippen LogP contribution in [-0.4, -0.2) is 21.1 Å². The molecule has 0 unspecified atom stereocenters. The number of hydrogen-bond acceptors (Lipinski definition) is 5. The number of pyridine rings is 1. The summed E-state index contributed by atoms with van der Waals surface area (Å²) >= 11 is 1.38. The fraction of sp³-hybridized carbons (Fsp3) is 0.167. The van der Waals surface area contributed by atoms with E-state index in [1.165, 1.54) is 11.3 Å². The summed E-state index contributed by atoms with van der Waals surface area (Å²) in [5.41, 5.74) is 3.67. The van der Waals surface area contributed by atoms with E-state index in [1.54, 1.807) is 10.9 Å². The van der Waals surface area contributed by atoms with Crippen LogP contribution in [0.15, 0.2) is 41.6 Å². The second kappa shape index (κ2) is 4.88. The highest BCUT2D eigenvalue weighted by Crippen LogP contribution is 2.40. The molecule has 1 aliphatic rings. The zero-order chi connectivity index (χ0) is 16.3. The number of nitrogens with zero attached hydrogens (tertiary/aromatic N) is 3. The van der Waals surface area contributed by atoms with Crippen LogP contribution in [0.3, 0.4) is 0 Å². The molecule has 0 amide bonds. The average molecular weight is 335 g/mol. The van der Waals surface area contributed by atoms with E-state index < -0.39 is 0 Å². The summed E-state index contributed by atoms with van der Waals surface area (Å²) in [6, 6.07) is 7.82. The number of thiophene rings is 1. The minimum Gasteiger partial charge on any atom is -0.492 e. The van der Waals surface area contributed by atoms with Crippen LogP contribution in [0.2, 0.25) is 0 Å². The van der Waals surface area contributed by atoms with Gasteiger partial charge in [-0.05, 0) is 19.1 Å². The van der Waals surface area contributed by atoms with E-state index in [0.717, 1.165) is 39.2 Å². The number of aryl methyl sites for hydroxylation is 1. The Hall–Kier alpha value is -2.73. The monoisotopic (exact) mass is 335 g/mol. The van der Waals surface area contributed by atoms with Gasteiger partial charge in [0.15, 0.2) is 0 Å². The van der Waals surface area contributed by atoms with Gasteiger partial charge in [0.2, 0.25) is 0 Å². The van der Waals surface area contributed by atoms with Crippen molar-refractivity contribution in [3.63, 3.8) is 0 Å². The summed E-state index contributed by atoms with van der Waals surface area (Å²) < 4.78 is 7.96. The van der Waals surface area contributed by atoms with Crippen molar-refractivity contribution in [2.45, 2.75) is 13.3 Å². The van der Waals surface area contributed by atoms with Crippen LogP contribution < -0.4 is 10.3 Å². The number of rotatable bonds is 1. The molecule has 0 saturated heterocycles. The van der Waals surface area contributed by atoms with E-state index in [9.17, 15) is 4.79 Å². The van der Waals surface area contributed by atoms with Crippen molar-refractivity contribution in [1.29, 1.82) is 0 Å². The van der Waals surface area contributed by atoms with Crippen molar-refractivity contribution in [1.82, 2.24) is 14.5 Å². The molecule has 4 heterocycles. The summed E-state index contributed by atoms with van der Waals surface area (Å²) in [4.78, 5) is 22.8. The predicted octanol–water partition coefficient (Wildman–Crippen LogP) is 3.24. The third-order valence-corrected chi connectivity index (χ3v) is 5.44. The molecule has 1 aliphatic heterocycles. The standard InChI is InChI=1S/C18H13N3O2S/c1-10-2-4-12(5-3-10)21-9-20-14-13-15-11(6-7-23-15)8-19-17(13)24-16(14)18(21)22/h2-5,8-9H,6-7H2,1H3. The van der Waals surface area contributed by atoms with E-state index in [4.69, 9.17) is 4.74 Å². The van der Waals surface area contributed by atoms with Crippen molar-refractivity contribution >= 4 is 31.8 Å². The predicted molar refractivity (Wildman–Crippen MR) is 94.5 cm³/mol. The smallest absolute Gasteiger partial charge is 0.275 e. The minimum absolute atomic E-state index is 0.0707. The molecule has 5 nitrogen and oxygen atoms in total. The highest BCUT2D eigenvalue weighted by atomic mass is 32.1. The molecule has 0 bridgehead atoms. The fourth-order valence-electron chi connectivity index (χ4n) is 3.10. The lowest BCUT2D eigenvalue weighted by atomic mass is 10.2. The Kier molecular flexibility index (Phi) is 2.78. The highest BCUT2D eigenvalue weighted by molar-refractivity contribution is 7.25. The summed E-state index contributed by atoms with van der Waals surface area (Å²) in [5, 5.41) is 0.873. The van der Waals surface area contributed by atoms with Gasteiger partial charge in [-0.15, -0.1) is 11.3 Å². The maximum Gasteiger partial charge on any atom is 0.275 e. The van der Waals surface area contributed by atoms with Crippen molar-refractivity contribution in [3.05, 3.63) is 58.3 Å². The summed E-state index contributed by atoms with van der Waals surface area (Å²) in [6.07, 6.45) is 4.30. The molecule has 0 spiro atoms. The molecule has 0 fully saturated rings. The van der Waals surface area contributed by atoms with E-state index in [1.807, 2.05) is 37.4 Å². The number of benzene rings is 1. The van der Waals surface area contributed by atoms with Crippen LogP contribution in [0, 0.1) is 6.92 Å². The zero-order valence-electron chi connectivity index (χ0n) is 12.9. The third kappa shape index (κ3) is 1.83. The van der Waals surface area contributed by atoms with Gasteiger partial charge in [-0.3, -0.25) is 9.36 Å². The molecular formula is C18H13N3O2S. The molecule has 0 saturated carbocycles. The SMILES string of the molecule is Cc1ccc(-n2cnc3c(sc4ncc5c(c43)OCC5)c2=O)cc1. The number of hydrogen-bond donors (Lipinski definition) is 0. The van der Waals surface area contributed by atoms with Gasteiger partial charge in [-0.2, -0.15) is 0 Å². The van der Waals surface area contributed by atoms with Crippen LogP contribution in [0.25, 0.3) is 26.1 Å². The van der Waals surface area contributed by atoms with Crippen LogP contribution in [0.5, 0.6) is 5.75 Å². The molecular weight excluding hydrogens is 322 g/mol. The lowest BCUT2D eigenvalue weighted by Gasteiger charge is -2.05. The average Bonchev–Trinajstić information content (AvgIpc) is 3.20. The first kappa shape index (κ1) is 13.7. The molecule has 4 aromatic rings. The summed E-state index contributed by atoms with van der Waals surface area (Å²) in [7, 11) is 0. The van der Waals surface area contributed by atoms with Crippen LogP contribution in [0.1, 0.15) is 11.1 Å². The van der Waals surface area contributed by atoms with Crippen LogP contribution in [-0.2, 0) is 6.42 Å². The summed E-state index contributed by atoms with van der Waals surface area (Å²) in [6.45, 7) is 2.68. The van der Waals surface area contributed by atoms with E-state index in [0.29, 0.717) is 16.8 Å². The van der Waals surface area contributed by atoms with Gasteiger partial charge < -0.3 is 4.74 Å². The number of ether oxygens (including phenoxy) is 1. The first-order valence-corrected chi connectivity index (χ1v) is 8.55. The van der Waals surface area contributed by atoms with Gasteiger partial charge in [0, 0.05) is 18.2 Å². The second-order valence-corrected chi connectivity index (χ2v) is 6.93. The Balaban J connectivity index is 1.83. The van der Waals surface area contributed by atoms with Crippen LogP contribution in [0.4, 0.5) is 0 Å². The molecule has 0 atom stereocenters. The summed E-state index contributed by atoms with van der Waals surface area (Å²) in [5.74, 6) is 0.839. The van der Waals surface area contributed by atoms with Gasteiger partial charge in [0.1, 0.15) is 27.1 Å². The zero-order valence-corrected chi connectivity index (χ0v) is 13.8. The molecule has 24 heavy (non-hydrogen) atoms. The maximum atomic E-state index is 12.9. The quantitative estimate of drug-likeness (QED) is 0.536. The number of aromatic nitrogens is 3. The highest BCUT2D eigenvalue weighted by Gasteiger charge is 2.22. The Labute approximate surface area is 141 Å². The Morgan fingerprint density at radius 3 is 2.88 bits per heavy atom. The lowest BCUT2D eigenvalue weighted by molar-refractivity contribution is 0.360.